The van der Waals surface area contributed by atoms with Gasteiger partial charge in [-0.2, -0.15) is 13.2 Å². The molecule has 1 unspecified atom stereocenters. The van der Waals surface area contributed by atoms with Crippen LogP contribution < -0.4 is 10.6 Å². The summed E-state index contributed by atoms with van der Waals surface area (Å²) in [5.74, 6) is -3.55. The fraction of sp³-hybridized carbons (Fsp3) is 0.308. The molecule has 0 radical (unpaired) electrons. The molecule has 23 heavy (non-hydrogen) atoms. The summed E-state index contributed by atoms with van der Waals surface area (Å²) in [7, 11) is 0. The van der Waals surface area contributed by atoms with Crippen molar-refractivity contribution in [2.45, 2.75) is 19.1 Å². The predicted molar refractivity (Wildman–Crippen MR) is 70.6 cm³/mol. The fourth-order valence-electron chi connectivity index (χ4n) is 1.61. The van der Waals surface area contributed by atoms with E-state index in [9.17, 15) is 31.9 Å². The minimum atomic E-state index is -4.80. The number of alkyl halides is 4. The highest BCUT2D eigenvalue weighted by atomic mass is 19.4. The Balaban J connectivity index is 3.20. The van der Waals surface area contributed by atoms with Crippen LogP contribution in [0.15, 0.2) is 18.2 Å². The van der Waals surface area contributed by atoms with Crippen LogP contribution in [0, 0.1) is 0 Å². The summed E-state index contributed by atoms with van der Waals surface area (Å²) in [4.78, 5) is 33.4. The van der Waals surface area contributed by atoms with Crippen LogP contribution in [0.3, 0.4) is 0 Å². The molecule has 0 aromatic heterocycles. The molecule has 0 saturated carbocycles. The summed E-state index contributed by atoms with van der Waals surface area (Å²) < 4.78 is 50.9. The van der Waals surface area contributed by atoms with E-state index in [1.807, 2.05) is 0 Å². The van der Waals surface area contributed by atoms with Gasteiger partial charge < -0.3 is 15.7 Å². The lowest BCUT2D eigenvalue weighted by Gasteiger charge is -2.14. The molecular weight excluding hydrogens is 324 g/mol. The zero-order valence-electron chi connectivity index (χ0n) is 11.7. The van der Waals surface area contributed by atoms with Gasteiger partial charge in [-0.25, -0.2) is 9.18 Å². The molecule has 3 N–H and O–H groups in total. The summed E-state index contributed by atoms with van der Waals surface area (Å²) in [5, 5.41) is 12.5. The smallest absolute Gasteiger partial charge is 0.416 e. The van der Waals surface area contributed by atoms with Crippen molar-refractivity contribution in [2.24, 2.45) is 0 Å². The zero-order chi connectivity index (χ0) is 17.8. The average Bonchev–Trinajstić information content (AvgIpc) is 2.42. The highest BCUT2D eigenvalue weighted by Crippen LogP contribution is 2.32. The first-order valence-corrected chi connectivity index (χ1v) is 6.14. The second-order valence-corrected chi connectivity index (χ2v) is 4.50. The molecule has 1 rings (SSSR count). The van der Waals surface area contributed by atoms with Crippen molar-refractivity contribution >= 4 is 23.5 Å². The molecule has 0 aliphatic rings. The zero-order valence-corrected chi connectivity index (χ0v) is 11.7. The molecule has 2 amide bonds. The number of amides is 2. The van der Waals surface area contributed by atoms with Gasteiger partial charge in [-0.3, -0.25) is 9.59 Å². The molecule has 1 aromatic rings. The number of carbonyl (C=O) groups is 3. The molecule has 0 fully saturated rings. The Hall–Kier alpha value is -2.65. The fourth-order valence-corrected chi connectivity index (χ4v) is 1.61. The second-order valence-electron chi connectivity index (χ2n) is 4.50. The first-order valence-electron chi connectivity index (χ1n) is 6.14. The molecule has 0 spiro atoms. The van der Waals surface area contributed by atoms with Crippen LogP contribution in [0.5, 0.6) is 0 Å². The van der Waals surface area contributed by atoms with E-state index in [0.717, 1.165) is 13.0 Å². The molecule has 6 nitrogen and oxygen atoms in total. The first kappa shape index (κ1) is 18.4. The second kappa shape index (κ2) is 7.07. The van der Waals surface area contributed by atoms with E-state index in [-0.39, 0.29) is 5.69 Å². The van der Waals surface area contributed by atoms with Crippen molar-refractivity contribution in [1.29, 1.82) is 0 Å². The summed E-state index contributed by atoms with van der Waals surface area (Å²) >= 11 is 0. The molecule has 0 aliphatic heterocycles. The minimum Gasteiger partial charge on any atom is -0.480 e. The van der Waals surface area contributed by atoms with Gasteiger partial charge in [-0.15, -0.1) is 0 Å². The number of carbonyl (C=O) groups excluding carboxylic acids is 2. The summed E-state index contributed by atoms with van der Waals surface area (Å²) in [6.45, 7) is -0.373. The van der Waals surface area contributed by atoms with Gasteiger partial charge in [0.15, 0.2) is 6.04 Å². The van der Waals surface area contributed by atoms with Crippen LogP contribution in [0.2, 0.25) is 0 Å². The highest BCUT2D eigenvalue weighted by molar-refractivity contribution is 5.98. The Labute approximate surface area is 127 Å². The monoisotopic (exact) mass is 336 g/mol. The topological polar surface area (TPSA) is 95.5 Å². The van der Waals surface area contributed by atoms with Gasteiger partial charge in [0.25, 0.3) is 5.91 Å². The predicted octanol–water partition coefficient (Wildman–Crippen LogP) is 1.82. The maximum atomic E-state index is 12.8. The maximum Gasteiger partial charge on any atom is 0.416 e. The van der Waals surface area contributed by atoms with Gasteiger partial charge in [0.2, 0.25) is 5.91 Å². The molecule has 1 atom stereocenters. The Morgan fingerprint density at radius 2 is 1.83 bits per heavy atom. The molecular formula is C13H12F4N2O4. The van der Waals surface area contributed by atoms with Crippen molar-refractivity contribution in [3.63, 3.8) is 0 Å². The third kappa shape index (κ3) is 5.24. The van der Waals surface area contributed by atoms with Gasteiger partial charge >= 0.3 is 12.1 Å². The quantitative estimate of drug-likeness (QED) is 0.715. The van der Waals surface area contributed by atoms with E-state index in [0.29, 0.717) is 12.1 Å². The minimum absolute atomic E-state index is 0.301. The first-order chi connectivity index (χ1) is 10.5. The summed E-state index contributed by atoms with van der Waals surface area (Å²) in [6, 6.07) is 0.115. The van der Waals surface area contributed by atoms with Crippen molar-refractivity contribution in [2.75, 3.05) is 12.0 Å². The molecule has 0 saturated heterocycles. The largest absolute Gasteiger partial charge is 0.480 e. The Bertz CT molecular complexity index is 631. The summed E-state index contributed by atoms with van der Waals surface area (Å²) in [5.41, 5.74) is -2.09. The molecule has 0 bridgehead atoms. The van der Waals surface area contributed by atoms with Crippen molar-refractivity contribution in [3.8, 4) is 0 Å². The van der Waals surface area contributed by atoms with Crippen LogP contribution in [-0.4, -0.2) is 35.6 Å². The third-order valence-corrected chi connectivity index (χ3v) is 2.60. The van der Waals surface area contributed by atoms with Crippen molar-refractivity contribution < 1.29 is 37.1 Å². The number of carboxylic acid groups (broad SMARTS) is 1. The van der Waals surface area contributed by atoms with Crippen LogP contribution in [-0.2, 0) is 15.8 Å². The van der Waals surface area contributed by atoms with Crippen molar-refractivity contribution in [1.82, 2.24) is 5.32 Å². The average molecular weight is 336 g/mol. The number of halogens is 4. The van der Waals surface area contributed by atoms with Crippen LogP contribution >= 0.6 is 0 Å². The maximum absolute atomic E-state index is 12.8. The normalized spacial score (nSPS) is 12.4. The van der Waals surface area contributed by atoms with Crippen LogP contribution in [0.4, 0.5) is 23.2 Å². The van der Waals surface area contributed by atoms with Gasteiger partial charge in [-0.1, -0.05) is 0 Å². The van der Waals surface area contributed by atoms with Crippen molar-refractivity contribution in [3.05, 3.63) is 29.3 Å². The van der Waals surface area contributed by atoms with Crippen LogP contribution in [0.1, 0.15) is 22.8 Å². The molecule has 10 heteroatoms. The Morgan fingerprint density at radius 1 is 1.22 bits per heavy atom. The number of hydrogen-bond donors (Lipinski definition) is 3. The number of anilines is 1. The Morgan fingerprint density at radius 3 is 2.26 bits per heavy atom. The molecule has 0 aliphatic carbocycles. The number of hydrogen-bond acceptors (Lipinski definition) is 3. The van der Waals surface area contributed by atoms with E-state index >= 15 is 0 Å². The lowest BCUT2D eigenvalue weighted by molar-refractivity contribution is -0.140. The van der Waals surface area contributed by atoms with E-state index < -0.39 is 47.8 Å². The molecule has 126 valence electrons. The third-order valence-electron chi connectivity index (χ3n) is 2.60. The number of aliphatic carboxylic acids is 1. The number of carboxylic acids is 1. The standard InChI is InChI=1S/C13H12F4N2O4/c1-6(20)18-9-3-7(2-8(4-9)13(15,16)17)11(21)19-10(5-14)12(22)23/h2-4,10H,5H2,1H3,(H,18,20)(H,19,21)(H,22,23). The Kier molecular flexibility index (Phi) is 5.66. The number of rotatable bonds is 5. The van der Waals surface area contributed by atoms with Gasteiger partial charge in [-0.05, 0) is 18.2 Å². The highest BCUT2D eigenvalue weighted by Gasteiger charge is 2.32. The number of benzene rings is 1. The van der Waals surface area contributed by atoms with E-state index in [2.05, 4.69) is 5.32 Å². The molecule has 1 aromatic carbocycles. The van der Waals surface area contributed by atoms with E-state index in [1.54, 1.807) is 5.32 Å². The molecule has 0 heterocycles. The lowest BCUT2D eigenvalue weighted by atomic mass is 10.1. The number of nitrogens with one attached hydrogen (secondary N) is 2. The summed E-state index contributed by atoms with van der Waals surface area (Å²) in [6.07, 6.45) is -4.80. The van der Waals surface area contributed by atoms with Crippen LogP contribution in [0.25, 0.3) is 0 Å². The van der Waals surface area contributed by atoms with E-state index in [4.69, 9.17) is 5.11 Å². The van der Waals surface area contributed by atoms with Gasteiger partial charge in [0.1, 0.15) is 6.67 Å². The lowest BCUT2D eigenvalue weighted by Crippen LogP contribution is -2.42. The van der Waals surface area contributed by atoms with E-state index in [1.165, 1.54) is 0 Å². The van der Waals surface area contributed by atoms with Gasteiger partial charge in [0, 0.05) is 18.2 Å². The SMILES string of the molecule is CC(=O)Nc1cc(C(=O)NC(CF)C(=O)O)cc(C(F)(F)F)c1. The van der Waals surface area contributed by atoms with Gasteiger partial charge in [0.05, 0.1) is 5.56 Å².